The lowest BCUT2D eigenvalue weighted by Gasteiger charge is -2.44. The first-order chi connectivity index (χ1) is 13.4. The minimum Gasteiger partial charge on any atom is -0.481 e. The average molecular weight is 420 g/mol. The topological polar surface area (TPSA) is 66.8 Å². The Balaban J connectivity index is 2.10. The van der Waals surface area contributed by atoms with E-state index in [1.807, 2.05) is 18.2 Å². The van der Waals surface area contributed by atoms with E-state index < -0.39 is 30.6 Å². The Hall–Kier alpha value is -2.34. The lowest BCUT2D eigenvalue weighted by Crippen LogP contribution is -2.51. The van der Waals surface area contributed by atoms with Crippen LogP contribution in [-0.4, -0.2) is 34.5 Å². The maximum absolute atomic E-state index is 13.0. The number of carbonyl (C=O) groups excluding carboxylic acids is 1. The second kappa shape index (κ2) is 8.78. The third kappa shape index (κ3) is 4.38. The molecule has 2 aromatic carbocycles. The average Bonchev–Trinajstić information content (AvgIpc) is 2.65. The van der Waals surface area contributed by atoms with E-state index in [1.54, 1.807) is 41.3 Å². The van der Waals surface area contributed by atoms with Gasteiger partial charge in [-0.05, 0) is 35.4 Å². The van der Waals surface area contributed by atoms with Crippen molar-refractivity contribution < 1.29 is 19.4 Å². The van der Waals surface area contributed by atoms with Gasteiger partial charge in [-0.25, -0.2) is 0 Å². The van der Waals surface area contributed by atoms with Gasteiger partial charge in [0.05, 0.1) is 12.5 Å². The number of ether oxygens (including phenoxy) is 1. The molecule has 1 saturated heterocycles. The Labute approximate surface area is 173 Å². The molecular formula is C21H19Cl2NO4. The van der Waals surface area contributed by atoms with Crippen LogP contribution in [0.5, 0.6) is 0 Å². The van der Waals surface area contributed by atoms with Gasteiger partial charge < -0.3 is 14.7 Å². The molecule has 146 valence electrons. The number of amides is 1. The van der Waals surface area contributed by atoms with Gasteiger partial charge in [0.1, 0.15) is 12.2 Å². The zero-order chi connectivity index (χ0) is 20.3. The maximum atomic E-state index is 13.0. The molecule has 3 atom stereocenters. The Morgan fingerprint density at radius 2 is 1.86 bits per heavy atom. The summed E-state index contributed by atoms with van der Waals surface area (Å²) in [4.78, 5) is 25.8. The number of carboxylic acid groups (broad SMARTS) is 1. The molecule has 1 aliphatic heterocycles. The molecule has 28 heavy (non-hydrogen) atoms. The number of rotatable bonds is 6. The molecule has 1 heterocycles. The standard InChI is InChI=1S/C21H19Cl2NO4/c1-2-10-24-19(13-6-8-15(22)9-7-13)20(14-4-3-5-16(23)11-14)28-17(21(24)27)12-18(25)26/h2-9,11,17,19-20H,1,10,12H2,(H,25,26)/t17-,19+,20+/m0/s1. The Morgan fingerprint density at radius 3 is 2.46 bits per heavy atom. The van der Waals surface area contributed by atoms with Crippen LogP contribution in [-0.2, 0) is 14.3 Å². The van der Waals surface area contributed by atoms with E-state index in [9.17, 15) is 14.7 Å². The summed E-state index contributed by atoms with van der Waals surface area (Å²) in [7, 11) is 0. The van der Waals surface area contributed by atoms with Gasteiger partial charge in [-0.15, -0.1) is 6.58 Å². The molecule has 0 unspecified atom stereocenters. The summed E-state index contributed by atoms with van der Waals surface area (Å²) >= 11 is 12.2. The van der Waals surface area contributed by atoms with Crippen molar-refractivity contribution >= 4 is 35.1 Å². The molecule has 0 radical (unpaired) electrons. The normalized spacial score (nSPS) is 22.1. The fourth-order valence-electron chi connectivity index (χ4n) is 3.39. The molecule has 5 nitrogen and oxygen atoms in total. The van der Waals surface area contributed by atoms with Crippen LogP contribution in [0.3, 0.4) is 0 Å². The monoisotopic (exact) mass is 419 g/mol. The second-order valence-corrected chi connectivity index (χ2v) is 7.35. The van der Waals surface area contributed by atoms with Gasteiger partial charge in [-0.3, -0.25) is 9.59 Å². The van der Waals surface area contributed by atoms with Crippen LogP contribution in [0.4, 0.5) is 0 Å². The summed E-state index contributed by atoms with van der Waals surface area (Å²) in [6, 6.07) is 13.8. The van der Waals surface area contributed by atoms with E-state index in [1.165, 1.54) is 0 Å². The SMILES string of the molecule is C=CCN1C(=O)[C@H](CC(=O)O)O[C@H](c2cccc(Cl)c2)[C@H]1c1ccc(Cl)cc1. The van der Waals surface area contributed by atoms with Crippen molar-refractivity contribution in [3.05, 3.63) is 82.4 Å². The van der Waals surface area contributed by atoms with Gasteiger partial charge in [-0.1, -0.05) is 53.5 Å². The summed E-state index contributed by atoms with van der Waals surface area (Å²) in [5.74, 6) is -1.49. The van der Waals surface area contributed by atoms with Crippen molar-refractivity contribution in [2.75, 3.05) is 6.54 Å². The molecule has 3 rings (SSSR count). The van der Waals surface area contributed by atoms with Gasteiger partial charge in [0.15, 0.2) is 0 Å². The summed E-state index contributed by atoms with van der Waals surface area (Å²) in [5.41, 5.74) is 1.57. The van der Waals surface area contributed by atoms with Crippen LogP contribution in [0.25, 0.3) is 0 Å². The van der Waals surface area contributed by atoms with Gasteiger partial charge >= 0.3 is 5.97 Å². The lowest BCUT2D eigenvalue weighted by molar-refractivity contribution is -0.177. The molecule has 1 N–H and O–H groups in total. The predicted molar refractivity (Wildman–Crippen MR) is 107 cm³/mol. The number of benzene rings is 2. The fraction of sp³-hybridized carbons (Fsp3) is 0.238. The number of nitrogens with zero attached hydrogens (tertiary/aromatic N) is 1. The largest absolute Gasteiger partial charge is 0.481 e. The number of hydrogen-bond donors (Lipinski definition) is 1. The number of hydrogen-bond acceptors (Lipinski definition) is 3. The van der Waals surface area contributed by atoms with E-state index in [2.05, 4.69) is 6.58 Å². The van der Waals surface area contributed by atoms with Crippen LogP contribution in [0.2, 0.25) is 10.0 Å². The first-order valence-corrected chi connectivity index (χ1v) is 9.46. The van der Waals surface area contributed by atoms with E-state index in [0.29, 0.717) is 10.0 Å². The van der Waals surface area contributed by atoms with Crippen molar-refractivity contribution in [2.24, 2.45) is 0 Å². The molecule has 0 aromatic heterocycles. The number of halogens is 2. The minimum atomic E-state index is -1.10. The van der Waals surface area contributed by atoms with Gasteiger partial charge in [0.2, 0.25) is 0 Å². The molecule has 0 aliphatic carbocycles. The highest BCUT2D eigenvalue weighted by Crippen LogP contribution is 2.43. The summed E-state index contributed by atoms with van der Waals surface area (Å²) in [6.07, 6.45) is -0.498. The molecule has 0 spiro atoms. The molecule has 1 fully saturated rings. The van der Waals surface area contributed by atoms with Gasteiger partial charge in [0.25, 0.3) is 5.91 Å². The number of carbonyl (C=O) groups is 2. The molecular weight excluding hydrogens is 401 g/mol. The minimum absolute atomic E-state index is 0.253. The number of aliphatic carboxylic acids is 1. The van der Waals surface area contributed by atoms with Crippen LogP contribution in [0.1, 0.15) is 29.7 Å². The molecule has 1 aliphatic rings. The van der Waals surface area contributed by atoms with Gasteiger partial charge in [-0.2, -0.15) is 0 Å². The molecule has 0 bridgehead atoms. The second-order valence-electron chi connectivity index (χ2n) is 6.47. The summed E-state index contributed by atoms with van der Waals surface area (Å²) in [6.45, 7) is 3.99. The summed E-state index contributed by atoms with van der Waals surface area (Å²) in [5, 5.41) is 10.3. The van der Waals surface area contributed by atoms with Crippen molar-refractivity contribution in [3.8, 4) is 0 Å². The Morgan fingerprint density at radius 1 is 1.14 bits per heavy atom. The third-order valence-electron chi connectivity index (χ3n) is 4.57. The molecule has 1 amide bonds. The zero-order valence-corrected chi connectivity index (χ0v) is 16.4. The smallest absolute Gasteiger partial charge is 0.306 e. The zero-order valence-electron chi connectivity index (χ0n) is 14.9. The molecule has 0 saturated carbocycles. The fourth-order valence-corrected chi connectivity index (χ4v) is 3.72. The maximum Gasteiger partial charge on any atom is 0.306 e. The van der Waals surface area contributed by atoms with Crippen molar-refractivity contribution in [3.63, 3.8) is 0 Å². The lowest BCUT2D eigenvalue weighted by atomic mass is 9.91. The highest BCUT2D eigenvalue weighted by molar-refractivity contribution is 6.30. The Bertz CT molecular complexity index is 884. The number of carboxylic acids is 1. The van der Waals surface area contributed by atoms with Gasteiger partial charge in [0, 0.05) is 16.6 Å². The summed E-state index contributed by atoms with van der Waals surface area (Å²) < 4.78 is 6.03. The van der Waals surface area contributed by atoms with Crippen LogP contribution in [0, 0.1) is 0 Å². The van der Waals surface area contributed by atoms with E-state index in [4.69, 9.17) is 27.9 Å². The third-order valence-corrected chi connectivity index (χ3v) is 5.05. The molecule has 2 aromatic rings. The van der Waals surface area contributed by atoms with Crippen molar-refractivity contribution in [1.29, 1.82) is 0 Å². The van der Waals surface area contributed by atoms with E-state index in [0.717, 1.165) is 11.1 Å². The van der Waals surface area contributed by atoms with Crippen LogP contribution < -0.4 is 0 Å². The highest BCUT2D eigenvalue weighted by atomic mass is 35.5. The first-order valence-electron chi connectivity index (χ1n) is 8.70. The highest BCUT2D eigenvalue weighted by Gasteiger charge is 2.44. The van der Waals surface area contributed by atoms with E-state index in [-0.39, 0.29) is 12.5 Å². The van der Waals surface area contributed by atoms with Crippen LogP contribution in [0.15, 0.2) is 61.2 Å². The van der Waals surface area contributed by atoms with E-state index >= 15 is 0 Å². The molecule has 7 heteroatoms. The number of morpholine rings is 1. The van der Waals surface area contributed by atoms with Crippen LogP contribution >= 0.6 is 23.2 Å². The quantitative estimate of drug-likeness (QED) is 0.691. The van der Waals surface area contributed by atoms with Crippen molar-refractivity contribution in [1.82, 2.24) is 4.90 Å². The predicted octanol–water partition coefficient (Wildman–Crippen LogP) is 4.66. The Kier molecular flexibility index (Phi) is 6.39. The first kappa shape index (κ1) is 20.4. The van der Waals surface area contributed by atoms with Crippen molar-refractivity contribution in [2.45, 2.75) is 24.7 Å².